The maximum absolute atomic E-state index is 6.38. The molecule has 0 saturated carbocycles. The summed E-state index contributed by atoms with van der Waals surface area (Å²) in [6.07, 6.45) is 2.25. The molecule has 1 N–H and O–H groups in total. The van der Waals surface area contributed by atoms with Crippen LogP contribution in [0.25, 0.3) is 0 Å². The van der Waals surface area contributed by atoms with Crippen LogP contribution >= 0.6 is 23.2 Å². The first kappa shape index (κ1) is 14.9. The van der Waals surface area contributed by atoms with Gasteiger partial charge in [-0.25, -0.2) is 0 Å². The van der Waals surface area contributed by atoms with Gasteiger partial charge in [-0.2, -0.15) is 0 Å². The van der Waals surface area contributed by atoms with Gasteiger partial charge >= 0.3 is 0 Å². The summed E-state index contributed by atoms with van der Waals surface area (Å²) in [5.41, 5.74) is 4.12. The topological polar surface area (TPSA) is 12.0 Å². The normalized spacial score (nSPS) is 18.0. The highest BCUT2D eigenvalue weighted by molar-refractivity contribution is 6.35. The fourth-order valence-corrected chi connectivity index (χ4v) is 3.75. The maximum Gasteiger partial charge on any atom is 0.0468 e. The Morgan fingerprint density at radius 2 is 2.00 bits per heavy atom. The van der Waals surface area contributed by atoms with Crippen LogP contribution in [0.1, 0.15) is 42.0 Å². The Bertz CT molecular complexity index is 639. The number of nitrogens with one attached hydrogen (secondary N) is 1. The van der Waals surface area contributed by atoms with Crippen molar-refractivity contribution in [2.24, 2.45) is 0 Å². The van der Waals surface area contributed by atoms with E-state index in [2.05, 4.69) is 36.5 Å². The van der Waals surface area contributed by atoms with Crippen LogP contribution in [-0.2, 0) is 6.42 Å². The molecule has 110 valence electrons. The van der Waals surface area contributed by atoms with E-state index in [1.54, 1.807) is 0 Å². The molecule has 2 unspecified atom stereocenters. The summed E-state index contributed by atoms with van der Waals surface area (Å²) >= 11 is 12.4. The highest BCUT2D eigenvalue weighted by atomic mass is 35.5. The van der Waals surface area contributed by atoms with Crippen LogP contribution in [0.5, 0.6) is 0 Å². The van der Waals surface area contributed by atoms with Gasteiger partial charge < -0.3 is 5.32 Å². The smallest absolute Gasteiger partial charge is 0.0468 e. The third-order valence-corrected chi connectivity index (χ3v) is 4.83. The monoisotopic (exact) mass is 319 g/mol. The summed E-state index contributed by atoms with van der Waals surface area (Å²) in [5, 5.41) is 5.00. The second-order valence-electron chi connectivity index (χ2n) is 5.61. The summed E-state index contributed by atoms with van der Waals surface area (Å²) < 4.78 is 0. The predicted molar refractivity (Wildman–Crippen MR) is 90.4 cm³/mol. The Labute approximate surface area is 136 Å². The summed E-state index contributed by atoms with van der Waals surface area (Å²) in [5.74, 6) is 0.622. The average Bonchev–Trinajstić information content (AvgIpc) is 2.44. The molecule has 2 atom stereocenters. The predicted octanol–water partition coefficient (Wildman–Crippen LogP) is 5.37. The number of hydrogen-bond acceptors (Lipinski definition) is 1. The highest BCUT2D eigenvalue weighted by Crippen LogP contribution is 2.41. The van der Waals surface area contributed by atoms with Gasteiger partial charge in [0, 0.05) is 16.1 Å². The Morgan fingerprint density at radius 3 is 2.71 bits per heavy atom. The molecule has 0 fully saturated rings. The number of fused-ring (bicyclic) bond motifs is 1. The molecule has 3 heteroatoms. The standard InChI is InChI=1S/C18H19Cl2N/c1-2-21-18(16-8-7-14(19)11-17(16)20)10-13-9-12-5-3-4-6-15(12)13/h3-8,11,13,18,21H,2,9-10H2,1H3. The summed E-state index contributed by atoms with van der Waals surface area (Å²) in [7, 11) is 0. The molecule has 21 heavy (non-hydrogen) atoms. The lowest BCUT2D eigenvalue weighted by Crippen LogP contribution is -2.27. The van der Waals surface area contributed by atoms with Crippen molar-refractivity contribution in [1.82, 2.24) is 5.32 Å². The lowest BCUT2D eigenvalue weighted by Gasteiger charge is -2.33. The van der Waals surface area contributed by atoms with E-state index in [0.29, 0.717) is 10.9 Å². The van der Waals surface area contributed by atoms with Gasteiger partial charge in [0.05, 0.1) is 0 Å². The first-order valence-electron chi connectivity index (χ1n) is 7.45. The molecule has 1 nitrogen and oxygen atoms in total. The molecular weight excluding hydrogens is 301 g/mol. The molecule has 0 saturated heterocycles. The zero-order valence-electron chi connectivity index (χ0n) is 12.1. The molecule has 3 rings (SSSR count). The lowest BCUT2D eigenvalue weighted by atomic mass is 9.74. The van der Waals surface area contributed by atoms with Gasteiger partial charge in [-0.05, 0) is 54.1 Å². The van der Waals surface area contributed by atoms with Gasteiger partial charge in [-0.1, -0.05) is 60.5 Å². The zero-order valence-corrected chi connectivity index (χ0v) is 13.6. The first-order chi connectivity index (χ1) is 10.2. The van der Waals surface area contributed by atoms with Gasteiger partial charge in [0.15, 0.2) is 0 Å². The van der Waals surface area contributed by atoms with Gasteiger partial charge in [-0.15, -0.1) is 0 Å². The Morgan fingerprint density at radius 1 is 1.19 bits per heavy atom. The van der Waals surface area contributed by atoms with E-state index in [9.17, 15) is 0 Å². The fraction of sp³-hybridized carbons (Fsp3) is 0.333. The van der Waals surface area contributed by atoms with Crippen LogP contribution in [0.15, 0.2) is 42.5 Å². The van der Waals surface area contributed by atoms with Crippen LogP contribution in [0.4, 0.5) is 0 Å². The second-order valence-corrected chi connectivity index (χ2v) is 6.46. The number of hydrogen-bond donors (Lipinski definition) is 1. The van der Waals surface area contributed by atoms with Crippen molar-refractivity contribution in [2.45, 2.75) is 31.7 Å². The van der Waals surface area contributed by atoms with E-state index < -0.39 is 0 Å². The molecule has 0 bridgehead atoms. The quantitative estimate of drug-likeness (QED) is 0.780. The number of benzene rings is 2. The van der Waals surface area contributed by atoms with Crippen molar-refractivity contribution in [2.75, 3.05) is 6.54 Å². The van der Waals surface area contributed by atoms with Gasteiger partial charge in [0.2, 0.25) is 0 Å². The summed E-state index contributed by atoms with van der Waals surface area (Å²) in [6, 6.07) is 14.8. The van der Waals surface area contributed by atoms with Crippen LogP contribution in [0.2, 0.25) is 10.0 Å². The van der Waals surface area contributed by atoms with Gasteiger partial charge in [-0.3, -0.25) is 0 Å². The molecule has 2 aromatic rings. The largest absolute Gasteiger partial charge is 0.310 e. The molecule has 1 aliphatic rings. The third-order valence-electron chi connectivity index (χ3n) is 4.27. The SMILES string of the molecule is CCNC(CC1Cc2ccccc21)c1ccc(Cl)cc1Cl. The second kappa shape index (κ2) is 6.39. The highest BCUT2D eigenvalue weighted by Gasteiger charge is 2.29. The van der Waals surface area contributed by atoms with Gasteiger partial charge in [0.1, 0.15) is 0 Å². The van der Waals surface area contributed by atoms with E-state index in [0.717, 1.165) is 23.6 Å². The Hall–Kier alpha value is -1.02. The molecular formula is C18H19Cl2N. The molecule has 1 aliphatic carbocycles. The van der Waals surface area contributed by atoms with Crippen LogP contribution in [-0.4, -0.2) is 6.54 Å². The van der Waals surface area contributed by atoms with Crippen LogP contribution in [0, 0.1) is 0 Å². The summed E-state index contributed by atoms with van der Waals surface area (Å²) in [6.45, 7) is 3.06. The first-order valence-corrected chi connectivity index (χ1v) is 8.20. The lowest BCUT2D eigenvalue weighted by molar-refractivity contribution is 0.436. The van der Waals surface area contributed by atoms with E-state index in [1.165, 1.54) is 17.5 Å². The number of halogens is 2. The van der Waals surface area contributed by atoms with Crippen molar-refractivity contribution in [3.8, 4) is 0 Å². The van der Waals surface area contributed by atoms with Crippen LogP contribution < -0.4 is 5.32 Å². The molecule has 0 aliphatic heterocycles. The summed E-state index contributed by atoms with van der Waals surface area (Å²) in [4.78, 5) is 0. The minimum atomic E-state index is 0.276. The Kier molecular flexibility index (Phi) is 4.54. The third kappa shape index (κ3) is 3.11. The minimum absolute atomic E-state index is 0.276. The van der Waals surface area contributed by atoms with Crippen molar-refractivity contribution < 1.29 is 0 Å². The van der Waals surface area contributed by atoms with E-state index >= 15 is 0 Å². The van der Waals surface area contributed by atoms with Crippen LogP contribution in [0.3, 0.4) is 0 Å². The van der Waals surface area contributed by atoms with Crippen molar-refractivity contribution in [3.05, 3.63) is 69.2 Å². The number of rotatable bonds is 5. The molecule has 0 spiro atoms. The van der Waals surface area contributed by atoms with E-state index in [-0.39, 0.29) is 6.04 Å². The average molecular weight is 320 g/mol. The molecule has 0 radical (unpaired) electrons. The fourth-order valence-electron chi connectivity index (χ4n) is 3.21. The van der Waals surface area contributed by atoms with E-state index in [4.69, 9.17) is 23.2 Å². The van der Waals surface area contributed by atoms with Crippen molar-refractivity contribution in [1.29, 1.82) is 0 Å². The molecule has 0 amide bonds. The van der Waals surface area contributed by atoms with Crippen molar-refractivity contribution in [3.63, 3.8) is 0 Å². The molecule has 0 aromatic heterocycles. The molecule has 0 heterocycles. The van der Waals surface area contributed by atoms with Gasteiger partial charge in [0.25, 0.3) is 0 Å². The molecule has 2 aromatic carbocycles. The maximum atomic E-state index is 6.38. The zero-order chi connectivity index (χ0) is 14.8. The Balaban J connectivity index is 1.80. The van der Waals surface area contributed by atoms with E-state index in [1.807, 2.05) is 18.2 Å². The van der Waals surface area contributed by atoms with Crippen molar-refractivity contribution >= 4 is 23.2 Å². The minimum Gasteiger partial charge on any atom is -0.310 e.